The fraction of sp³-hybridized carbons (Fsp3) is 0.400. The van der Waals surface area contributed by atoms with Gasteiger partial charge in [0, 0.05) is 24.2 Å². The molecule has 0 bridgehead atoms. The van der Waals surface area contributed by atoms with Gasteiger partial charge in [0.2, 0.25) is 5.91 Å². The van der Waals surface area contributed by atoms with Crippen molar-refractivity contribution in [3.8, 4) is 0 Å². The highest BCUT2D eigenvalue weighted by Crippen LogP contribution is 2.26. The van der Waals surface area contributed by atoms with Crippen LogP contribution in [-0.4, -0.2) is 35.0 Å². The highest BCUT2D eigenvalue weighted by Gasteiger charge is 2.36. The Kier molecular flexibility index (Phi) is 2.96. The Balaban J connectivity index is 1.45. The average Bonchev–Trinajstić information content (AvgIpc) is 3.21. The van der Waals surface area contributed by atoms with Gasteiger partial charge in [-0.25, -0.2) is 4.98 Å². The number of halogens is 1. The molecule has 4 rings (SSSR count). The normalized spacial score (nSPS) is 18.6. The highest BCUT2D eigenvalue weighted by atomic mass is 35.5. The molecule has 0 atom stereocenters. The van der Waals surface area contributed by atoms with Crippen molar-refractivity contribution >= 4 is 34.4 Å². The monoisotopic (exact) mass is 302 g/mol. The van der Waals surface area contributed by atoms with Crippen molar-refractivity contribution in [1.29, 1.82) is 0 Å². The summed E-state index contributed by atoms with van der Waals surface area (Å²) in [6.45, 7) is 1.43. The van der Waals surface area contributed by atoms with Gasteiger partial charge in [0.05, 0.1) is 23.1 Å². The lowest BCUT2D eigenvalue weighted by molar-refractivity contribution is -0.125. The van der Waals surface area contributed by atoms with Gasteiger partial charge in [-0.2, -0.15) is 0 Å². The van der Waals surface area contributed by atoms with E-state index >= 15 is 0 Å². The predicted molar refractivity (Wildman–Crippen MR) is 81.4 cm³/mol. The fourth-order valence-electron chi connectivity index (χ4n) is 2.50. The first-order valence-corrected chi connectivity index (χ1v) is 7.54. The summed E-state index contributed by atoms with van der Waals surface area (Å²) in [5.74, 6) is 1.07. The van der Waals surface area contributed by atoms with E-state index in [1.54, 1.807) is 12.3 Å². The van der Waals surface area contributed by atoms with Crippen LogP contribution in [0.3, 0.4) is 0 Å². The maximum absolute atomic E-state index is 11.9. The molecule has 1 saturated heterocycles. The minimum Gasteiger partial charge on any atom is -0.354 e. The smallest absolute Gasteiger partial charge is 0.226 e. The molecule has 21 heavy (non-hydrogen) atoms. The molecule has 1 aliphatic carbocycles. The van der Waals surface area contributed by atoms with E-state index in [4.69, 9.17) is 11.6 Å². The van der Waals surface area contributed by atoms with Gasteiger partial charge in [-0.05, 0) is 31.0 Å². The van der Waals surface area contributed by atoms with Crippen LogP contribution in [0, 0.1) is 5.92 Å². The Hall–Kier alpha value is -1.88. The molecule has 1 saturated carbocycles. The minimum atomic E-state index is 0.0771. The molecule has 1 N–H and O–H groups in total. The number of aromatic nitrogens is 2. The average molecular weight is 303 g/mol. The lowest BCUT2D eigenvalue weighted by Crippen LogP contribution is -2.54. The maximum atomic E-state index is 11.9. The van der Waals surface area contributed by atoms with Crippen molar-refractivity contribution in [1.82, 2.24) is 15.3 Å². The molecule has 2 heterocycles. The number of amides is 1. The van der Waals surface area contributed by atoms with Crippen LogP contribution in [0.1, 0.15) is 12.8 Å². The van der Waals surface area contributed by atoms with Gasteiger partial charge in [0.1, 0.15) is 5.82 Å². The number of carbonyl (C=O) groups is 1. The SMILES string of the molecule is O=C(NC1CC1)C1CN(c2cnc3cc(Cl)ccc3n2)C1. The molecule has 1 amide bonds. The molecular formula is C15H15ClN4O. The molecule has 2 aliphatic rings. The zero-order valence-electron chi connectivity index (χ0n) is 11.4. The third-order valence-corrected chi connectivity index (χ3v) is 4.23. The zero-order valence-corrected chi connectivity index (χ0v) is 12.2. The van der Waals surface area contributed by atoms with Crippen LogP contribution in [0.5, 0.6) is 0 Å². The Bertz CT molecular complexity index is 710. The number of fused-ring (bicyclic) bond motifs is 1. The van der Waals surface area contributed by atoms with Crippen molar-refractivity contribution in [2.45, 2.75) is 18.9 Å². The number of hydrogen-bond donors (Lipinski definition) is 1. The zero-order chi connectivity index (χ0) is 14.4. The van der Waals surface area contributed by atoms with E-state index < -0.39 is 0 Å². The van der Waals surface area contributed by atoms with E-state index in [0.717, 1.165) is 29.7 Å². The lowest BCUT2D eigenvalue weighted by Gasteiger charge is -2.38. The van der Waals surface area contributed by atoms with Crippen LogP contribution in [0.2, 0.25) is 5.02 Å². The van der Waals surface area contributed by atoms with Crippen molar-refractivity contribution in [2.75, 3.05) is 18.0 Å². The molecule has 2 fully saturated rings. The van der Waals surface area contributed by atoms with Gasteiger partial charge in [-0.3, -0.25) is 9.78 Å². The summed E-state index contributed by atoms with van der Waals surface area (Å²) < 4.78 is 0. The Morgan fingerprint density at radius 1 is 1.29 bits per heavy atom. The second-order valence-corrected chi connectivity index (χ2v) is 6.18. The third-order valence-electron chi connectivity index (χ3n) is 3.99. The summed E-state index contributed by atoms with van der Waals surface area (Å²) in [5.41, 5.74) is 1.61. The fourth-order valence-corrected chi connectivity index (χ4v) is 2.67. The molecule has 1 aliphatic heterocycles. The molecule has 2 aromatic rings. The molecule has 6 heteroatoms. The second-order valence-electron chi connectivity index (χ2n) is 5.75. The topological polar surface area (TPSA) is 58.1 Å². The number of anilines is 1. The van der Waals surface area contributed by atoms with Crippen molar-refractivity contribution < 1.29 is 4.79 Å². The summed E-state index contributed by atoms with van der Waals surface area (Å²) >= 11 is 5.94. The Morgan fingerprint density at radius 2 is 2.10 bits per heavy atom. The van der Waals surface area contributed by atoms with Crippen molar-refractivity contribution in [3.05, 3.63) is 29.4 Å². The van der Waals surface area contributed by atoms with Crippen LogP contribution in [0.15, 0.2) is 24.4 Å². The van der Waals surface area contributed by atoms with Gasteiger partial charge >= 0.3 is 0 Å². The van der Waals surface area contributed by atoms with E-state index in [0.29, 0.717) is 24.2 Å². The maximum Gasteiger partial charge on any atom is 0.226 e. The standard InChI is InChI=1S/C15H15ClN4O/c16-10-1-4-12-13(5-10)17-6-14(19-12)20-7-9(8-20)15(21)18-11-2-3-11/h1,4-6,9,11H,2-3,7-8H2,(H,18,21). The van der Waals surface area contributed by atoms with Crippen molar-refractivity contribution in [3.63, 3.8) is 0 Å². The van der Waals surface area contributed by atoms with Gasteiger partial charge in [0.15, 0.2) is 0 Å². The first-order chi connectivity index (χ1) is 10.2. The van der Waals surface area contributed by atoms with Gasteiger partial charge in [0.25, 0.3) is 0 Å². The first kappa shape index (κ1) is 12.8. The van der Waals surface area contributed by atoms with Crippen LogP contribution >= 0.6 is 11.6 Å². The lowest BCUT2D eigenvalue weighted by atomic mass is 9.99. The van der Waals surface area contributed by atoms with E-state index in [1.807, 2.05) is 12.1 Å². The highest BCUT2D eigenvalue weighted by molar-refractivity contribution is 6.31. The molecular weight excluding hydrogens is 288 g/mol. The van der Waals surface area contributed by atoms with Crippen molar-refractivity contribution in [2.24, 2.45) is 5.92 Å². The van der Waals surface area contributed by atoms with Gasteiger partial charge < -0.3 is 10.2 Å². The largest absolute Gasteiger partial charge is 0.354 e. The molecule has 5 nitrogen and oxygen atoms in total. The molecule has 1 aromatic carbocycles. The van der Waals surface area contributed by atoms with Gasteiger partial charge in [-0.15, -0.1) is 0 Å². The summed E-state index contributed by atoms with van der Waals surface area (Å²) in [4.78, 5) is 23.0. The third kappa shape index (κ3) is 2.53. The van der Waals surface area contributed by atoms with Gasteiger partial charge in [-0.1, -0.05) is 11.6 Å². The second kappa shape index (κ2) is 4.84. The number of nitrogens with zero attached hydrogens (tertiary/aromatic N) is 3. The molecule has 0 unspecified atom stereocenters. The molecule has 108 valence electrons. The number of nitrogens with one attached hydrogen (secondary N) is 1. The number of rotatable bonds is 3. The Labute approximate surface area is 127 Å². The van der Waals surface area contributed by atoms with Crippen LogP contribution in [0.4, 0.5) is 5.82 Å². The number of hydrogen-bond acceptors (Lipinski definition) is 4. The molecule has 1 aromatic heterocycles. The quantitative estimate of drug-likeness (QED) is 0.942. The predicted octanol–water partition coefficient (Wildman–Crippen LogP) is 2.00. The first-order valence-electron chi connectivity index (χ1n) is 7.17. The number of benzene rings is 1. The Morgan fingerprint density at radius 3 is 2.86 bits per heavy atom. The van der Waals surface area contributed by atoms with Crippen LogP contribution in [0.25, 0.3) is 11.0 Å². The van der Waals surface area contributed by atoms with E-state index in [1.165, 1.54) is 0 Å². The van der Waals surface area contributed by atoms with Crippen LogP contribution in [-0.2, 0) is 4.79 Å². The summed E-state index contributed by atoms with van der Waals surface area (Å²) in [5, 5.41) is 3.71. The van der Waals surface area contributed by atoms with E-state index in [2.05, 4.69) is 20.2 Å². The molecule has 0 radical (unpaired) electrons. The molecule has 0 spiro atoms. The summed E-state index contributed by atoms with van der Waals surface area (Å²) in [7, 11) is 0. The van der Waals surface area contributed by atoms with Crippen LogP contribution < -0.4 is 10.2 Å². The number of carbonyl (C=O) groups excluding carboxylic acids is 1. The van der Waals surface area contributed by atoms with E-state index in [-0.39, 0.29) is 11.8 Å². The summed E-state index contributed by atoms with van der Waals surface area (Å²) in [6, 6.07) is 5.90. The minimum absolute atomic E-state index is 0.0771. The van der Waals surface area contributed by atoms with E-state index in [9.17, 15) is 4.79 Å². The summed E-state index contributed by atoms with van der Waals surface area (Å²) in [6.07, 6.45) is 4.00.